The van der Waals surface area contributed by atoms with Gasteiger partial charge in [0.15, 0.2) is 0 Å². The summed E-state index contributed by atoms with van der Waals surface area (Å²) in [5.41, 5.74) is 2.26. The van der Waals surface area contributed by atoms with Gasteiger partial charge in [0.05, 0.1) is 28.1 Å². The van der Waals surface area contributed by atoms with Crippen LogP contribution in [0.2, 0.25) is 0 Å². The number of benzene rings is 2. The number of hydrogen-bond donors (Lipinski definition) is 0. The maximum absolute atomic E-state index is 13.0. The van der Waals surface area contributed by atoms with E-state index in [0.29, 0.717) is 29.8 Å². The molecule has 162 valence electrons. The van der Waals surface area contributed by atoms with Gasteiger partial charge in [-0.15, -0.1) is 0 Å². The highest BCUT2D eigenvalue weighted by atomic mass is 19.4. The van der Waals surface area contributed by atoms with Crippen LogP contribution in [0.5, 0.6) is 0 Å². The van der Waals surface area contributed by atoms with Gasteiger partial charge in [-0.3, -0.25) is 19.5 Å². The molecule has 3 aromatic rings. The predicted molar refractivity (Wildman–Crippen MR) is 112 cm³/mol. The van der Waals surface area contributed by atoms with E-state index in [-0.39, 0.29) is 24.3 Å². The van der Waals surface area contributed by atoms with Gasteiger partial charge in [0.2, 0.25) is 0 Å². The Bertz CT molecular complexity index is 1170. The molecular formula is C24H18F3N3O2. The number of carbonyl (C=O) groups excluding carboxylic acids is 2. The van der Waals surface area contributed by atoms with Crippen LogP contribution in [0.15, 0.2) is 66.9 Å². The lowest BCUT2D eigenvalue weighted by molar-refractivity contribution is -0.137. The zero-order chi connectivity index (χ0) is 22.5. The van der Waals surface area contributed by atoms with E-state index in [1.807, 2.05) is 11.0 Å². The molecule has 5 rings (SSSR count). The number of imide groups is 1. The van der Waals surface area contributed by atoms with Crippen molar-refractivity contribution in [1.29, 1.82) is 0 Å². The number of carbonyl (C=O) groups is 2. The molecule has 2 aliphatic heterocycles. The Balaban J connectivity index is 1.43. The number of nitrogens with zero attached hydrogens (tertiary/aromatic N) is 3. The molecule has 0 bridgehead atoms. The second-order valence-corrected chi connectivity index (χ2v) is 7.96. The number of anilines is 2. The fourth-order valence-electron chi connectivity index (χ4n) is 4.39. The molecule has 0 fully saturated rings. The molecule has 1 unspecified atom stereocenters. The summed E-state index contributed by atoms with van der Waals surface area (Å²) >= 11 is 0. The van der Waals surface area contributed by atoms with E-state index in [1.165, 1.54) is 17.0 Å². The Labute approximate surface area is 182 Å². The van der Waals surface area contributed by atoms with Gasteiger partial charge < -0.3 is 4.90 Å². The molecule has 32 heavy (non-hydrogen) atoms. The van der Waals surface area contributed by atoms with Crippen molar-refractivity contribution in [2.45, 2.75) is 12.6 Å². The number of alkyl halides is 3. The van der Waals surface area contributed by atoms with Crippen molar-refractivity contribution in [2.24, 2.45) is 5.92 Å². The predicted octanol–water partition coefficient (Wildman–Crippen LogP) is 4.71. The van der Waals surface area contributed by atoms with Gasteiger partial charge in [-0.1, -0.05) is 12.1 Å². The number of amides is 2. The first kappa shape index (κ1) is 20.2. The molecule has 0 aliphatic carbocycles. The standard InChI is InChI=1S/C24H18F3N3O2/c25-24(26,27)16-7-9-17(10-8-16)29-13-15(12-20-21(29)6-3-11-28-20)14-30-22(31)18-4-1-2-5-19(18)23(30)32/h1-11,15H,12-14H2. The molecule has 8 heteroatoms. The SMILES string of the molecule is O=C1c2ccccc2C(=O)N1CC1Cc2ncccc2N(c2ccc(C(F)(F)F)cc2)C1. The summed E-state index contributed by atoms with van der Waals surface area (Å²) in [5.74, 6) is -0.765. The highest BCUT2D eigenvalue weighted by Gasteiger charge is 2.38. The molecule has 2 aliphatic rings. The number of pyridine rings is 1. The molecule has 0 spiro atoms. The lowest BCUT2D eigenvalue weighted by atomic mass is 9.94. The van der Waals surface area contributed by atoms with Gasteiger partial charge in [0.25, 0.3) is 11.8 Å². The van der Waals surface area contributed by atoms with Gasteiger partial charge in [-0.25, -0.2) is 0 Å². The molecular weight excluding hydrogens is 419 g/mol. The van der Waals surface area contributed by atoms with E-state index < -0.39 is 11.7 Å². The van der Waals surface area contributed by atoms with Crippen LogP contribution in [-0.2, 0) is 12.6 Å². The highest BCUT2D eigenvalue weighted by molar-refractivity contribution is 6.21. The van der Waals surface area contributed by atoms with Gasteiger partial charge in [-0.05, 0) is 55.0 Å². The first-order chi connectivity index (χ1) is 15.3. The van der Waals surface area contributed by atoms with E-state index in [0.717, 1.165) is 23.5 Å². The maximum Gasteiger partial charge on any atom is 0.416 e. The van der Waals surface area contributed by atoms with Crippen molar-refractivity contribution in [3.8, 4) is 0 Å². The van der Waals surface area contributed by atoms with Gasteiger partial charge in [0.1, 0.15) is 0 Å². The van der Waals surface area contributed by atoms with Crippen LogP contribution < -0.4 is 4.90 Å². The van der Waals surface area contributed by atoms with E-state index in [1.54, 1.807) is 36.5 Å². The number of halogens is 3. The third kappa shape index (κ3) is 3.41. The average molecular weight is 437 g/mol. The van der Waals surface area contributed by atoms with Crippen molar-refractivity contribution in [2.75, 3.05) is 18.0 Å². The third-order valence-corrected chi connectivity index (χ3v) is 5.91. The van der Waals surface area contributed by atoms with Crippen LogP contribution in [-0.4, -0.2) is 34.8 Å². The molecule has 2 amide bonds. The molecule has 1 aromatic heterocycles. The third-order valence-electron chi connectivity index (χ3n) is 5.91. The van der Waals surface area contributed by atoms with Gasteiger partial charge in [0, 0.05) is 30.9 Å². The maximum atomic E-state index is 13.0. The molecule has 0 N–H and O–H groups in total. The van der Waals surface area contributed by atoms with Crippen molar-refractivity contribution < 1.29 is 22.8 Å². The number of aromatic nitrogens is 1. The van der Waals surface area contributed by atoms with Crippen LogP contribution in [0.25, 0.3) is 0 Å². The van der Waals surface area contributed by atoms with E-state index in [2.05, 4.69) is 4.98 Å². The van der Waals surface area contributed by atoms with Gasteiger partial charge in [-0.2, -0.15) is 13.2 Å². The zero-order valence-corrected chi connectivity index (χ0v) is 16.8. The van der Waals surface area contributed by atoms with E-state index >= 15 is 0 Å². The lowest BCUT2D eigenvalue weighted by Gasteiger charge is -2.36. The lowest BCUT2D eigenvalue weighted by Crippen LogP contribution is -2.42. The van der Waals surface area contributed by atoms with Crippen molar-refractivity contribution in [3.63, 3.8) is 0 Å². The van der Waals surface area contributed by atoms with Crippen LogP contribution in [0.1, 0.15) is 32.0 Å². The number of fused-ring (bicyclic) bond motifs is 2. The quantitative estimate of drug-likeness (QED) is 0.557. The normalized spacial score (nSPS) is 18.0. The van der Waals surface area contributed by atoms with Crippen molar-refractivity contribution in [3.05, 3.63) is 89.2 Å². The monoisotopic (exact) mass is 437 g/mol. The fourth-order valence-corrected chi connectivity index (χ4v) is 4.39. The summed E-state index contributed by atoms with van der Waals surface area (Å²) in [6.07, 6.45) is -2.19. The molecule has 2 aromatic carbocycles. The van der Waals surface area contributed by atoms with Gasteiger partial charge >= 0.3 is 6.18 Å². The summed E-state index contributed by atoms with van der Waals surface area (Å²) in [7, 11) is 0. The smallest absolute Gasteiger partial charge is 0.340 e. The molecule has 0 radical (unpaired) electrons. The zero-order valence-electron chi connectivity index (χ0n) is 16.8. The van der Waals surface area contributed by atoms with Crippen LogP contribution in [0.3, 0.4) is 0 Å². The van der Waals surface area contributed by atoms with Crippen LogP contribution >= 0.6 is 0 Å². The summed E-state index contributed by atoms with van der Waals surface area (Å²) in [5, 5.41) is 0. The minimum atomic E-state index is -4.41. The Morgan fingerprint density at radius 1 is 0.906 bits per heavy atom. The second-order valence-electron chi connectivity index (χ2n) is 7.96. The highest BCUT2D eigenvalue weighted by Crippen LogP contribution is 2.37. The first-order valence-electron chi connectivity index (χ1n) is 10.2. The molecule has 3 heterocycles. The minimum absolute atomic E-state index is 0.123. The summed E-state index contributed by atoms with van der Waals surface area (Å²) < 4.78 is 38.9. The summed E-state index contributed by atoms with van der Waals surface area (Å²) in [4.78, 5) is 33.2. The number of hydrogen-bond acceptors (Lipinski definition) is 4. The Hall–Kier alpha value is -3.68. The Morgan fingerprint density at radius 2 is 1.56 bits per heavy atom. The van der Waals surface area contributed by atoms with Crippen LogP contribution in [0.4, 0.5) is 24.5 Å². The average Bonchev–Trinajstić information content (AvgIpc) is 3.03. The summed E-state index contributed by atoms with van der Waals surface area (Å²) in [6.45, 7) is 0.650. The molecule has 0 saturated carbocycles. The Kier molecular flexibility index (Phi) is 4.73. The summed E-state index contributed by atoms with van der Waals surface area (Å²) in [6, 6.07) is 15.4. The first-order valence-corrected chi connectivity index (χ1v) is 10.2. The number of rotatable bonds is 3. The van der Waals surface area contributed by atoms with Crippen LogP contribution in [0, 0.1) is 5.92 Å². The van der Waals surface area contributed by atoms with E-state index in [9.17, 15) is 22.8 Å². The minimum Gasteiger partial charge on any atom is -0.340 e. The van der Waals surface area contributed by atoms with E-state index in [4.69, 9.17) is 0 Å². The largest absolute Gasteiger partial charge is 0.416 e. The van der Waals surface area contributed by atoms with Crippen molar-refractivity contribution in [1.82, 2.24) is 9.88 Å². The molecule has 5 nitrogen and oxygen atoms in total. The molecule has 0 saturated heterocycles. The second kappa shape index (κ2) is 7.47. The molecule has 1 atom stereocenters. The topological polar surface area (TPSA) is 53.5 Å². The van der Waals surface area contributed by atoms with Crippen molar-refractivity contribution >= 4 is 23.2 Å². The Morgan fingerprint density at radius 3 is 2.19 bits per heavy atom. The fraction of sp³-hybridized carbons (Fsp3) is 0.208.